The standard InChI is InChI=1S/C77H140O6/c1-4-7-10-13-16-19-22-25-28-30-32-33-34-35-36-37-38-39-40-41-42-43-45-46-49-52-55-58-61-64-67-70-76(79)82-73-74(72-81-75(78)69-66-63-60-57-54-51-48-27-24-21-18-15-12-9-6-3)83-77(80)71-68-65-62-59-56-53-50-47-44-31-29-26-23-20-17-14-11-8-5-2/h17-18,20-21,26-27,29,44,47-48,74H,4-16,19,22-25,28,30-43,45-46,49-73H2,1-3H3/b20-17-,21-18-,29-26-,47-44-,48-27-. The van der Waals surface area contributed by atoms with Gasteiger partial charge < -0.3 is 14.2 Å². The molecular formula is C77H140O6. The van der Waals surface area contributed by atoms with Gasteiger partial charge in [0.2, 0.25) is 0 Å². The van der Waals surface area contributed by atoms with E-state index < -0.39 is 6.10 Å². The normalized spacial score (nSPS) is 12.4. The summed E-state index contributed by atoms with van der Waals surface area (Å²) in [6, 6.07) is 0. The summed E-state index contributed by atoms with van der Waals surface area (Å²) in [6.45, 7) is 6.63. The van der Waals surface area contributed by atoms with Crippen molar-refractivity contribution in [2.75, 3.05) is 13.2 Å². The Balaban J connectivity index is 4.21. The molecule has 6 heteroatoms. The van der Waals surface area contributed by atoms with Crippen molar-refractivity contribution in [2.45, 2.75) is 399 Å². The molecular weight excluding hydrogens is 1020 g/mol. The van der Waals surface area contributed by atoms with Crippen molar-refractivity contribution in [3.8, 4) is 0 Å². The zero-order valence-corrected chi connectivity index (χ0v) is 55.7. The van der Waals surface area contributed by atoms with Gasteiger partial charge in [0, 0.05) is 19.3 Å². The van der Waals surface area contributed by atoms with Crippen LogP contribution in [0.3, 0.4) is 0 Å². The molecule has 0 aliphatic rings. The van der Waals surface area contributed by atoms with Crippen LogP contribution in [0.15, 0.2) is 60.8 Å². The fourth-order valence-corrected chi connectivity index (χ4v) is 11.0. The number of ether oxygens (including phenoxy) is 3. The van der Waals surface area contributed by atoms with Gasteiger partial charge in [-0.05, 0) is 89.9 Å². The number of carbonyl (C=O) groups is 3. The predicted molar refractivity (Wildman–Crippen MR) is 362 cm³/mol. The summed E-state index contributed by atoms with van der Waals surface area (Å²) in [6.07, 6.45) is 92.7. The van der Waals surface area contributed by atoms with Gasteiger partial charge in [-0.1, -0.05) is 345 Å². The highest BCUT2D eigenvalue weighted by molar-refractivity contribution is 5.71. The number of allylic oxidation sites excluding steroid dienone is 10. The van der Waals surface area contributed by atoms with Crippen LogP contribution < -0.4 is 0 Å². The molecule has 0 N–H and O–H groups in total. The van der Waals surface area contributed by atoms with Crippen molar-refractivity contribution in [1.29, 1.82) is 0 Å². The molecule has 0 bridgehead atoms. The van der Waals surface area contributed by atoms with Crippen LogP contribution in [0.4, 0.5) is 0 Å². The quantitative estimate of drug-likeness (QED) is 0.0261. The summed E-state index contributed by atoms with van der Waals surface area (Å²) < 4.78 is 17.0. The lowest BCUT2D eigenvalue weighted by Crippen LogP contribution is -2.30. The Morgan fingerprint density at radius 3 is 0.699 bits per heavy atom. The molecule has 0 radical (unpaired) electrons. The highest BCUT2D eigenvalue weighted by Gasteiger charge is 2.19. The molecule has 1 unspecified atom stereocenters. The lowest BCUT2D eigenvalue weighted by Gasteiger charge is -2.18. The minimum atomic E-state index is -0.788. The first kappa shape index (κ1) is 80.1. The fraction of sp³-hybridized carbons (Fsp3) is 0.831. The Bertz CT molecular complexity index is 1470. The smallest absolute Gasteiger partial charge is 0.306 e. The molecule has 0 saturated carbocycles. The van der Waals surface area contributed by atoms with Gasteiger partial charge in [0.25, 0.3) is 0 Å². The number of hydrogen-bond acceptors (Lipinski definition) is 6. The second-order valence-corrected chi connectivity index (χ2v) is 24.9. The Hall–Kier alpha value is -2.89. The largest absolute Gasteiger partial charge is 0.462 e. The molecule has 6 nitrogen and oxygen atoms in total. The molecule has 0 aromatic heterocycles. The lowest BCUT2D eigenvalue weighted by atomic mass is 10.0. The molecule has 0 aliphatic heterocycles. The van der Waals surface area contributed by atoms with Crippen LogP contribution in [0.25, 0.3) is 0 Å². The van der Waals surface area contributed by atoms with Crippen LogP contribution in [0.2, 0.25) is 0 Å². The molecule has 83 heavy (non-hydrogen) atoms. The van der Waals surface area contributed by atoms with E-state index in [1.54, 1.807) is 0 Å². The molecule has 0 aromatic rings. The average molecular weight is 1160 g/mol. The molecule has 0 saturated heterocycles. The number of esters is 3. The maximum atomic E-state index is 12.9. The molecule has 0 fully saturated rings. The van der Waals surface area contributed by atoms with Crippen molar-refractivity contribution >= 4 is 17.9 Å². The summed E-state index contributed by atoms with van der Waals surface area (Å²) in [5.41, 5.74) is 0. The third-order valence-electron chi connectivity index (χ3n) is 16.5. The van der Waals surface area contributed by atoms with Gasteiger partial charge in [0.15, 0.2) is 6.10 Å². The Morgan fingerprint density at radius 2 is 0.434 bits per heavy atom. The molecule has 0 aliphatic carbocycles. The first-order valence-corrected chi connectivity index (χ1v) is 36.8. The third-order valence-corrected chi connectivity index (χ3v) is 16.5. The Morgan fingerprint density at radius 1 is 0.241 bits per heavy atom. The van der Waals surface area contributed by atoms with E-state index in [4.69, 9.17) is 14.2 Å². The van der Waals surface area contributed by atoms with Crippen LogP contribution in [-0.2, 0) is 28.6 Å². The van der Waals surface area contributed by atoms with Gasteiger partial charge in [-0.25, -0.2) is 0 Å². The molecule has 484 valence electrons. The third kappa shape index (κ3) is 69.8. The maximum absolute atomic E-state index is 12.9. The van der Waals surface area contributed by atoms with Crippen molar-refractivity contribution in [2.24, 2.45) is 0 Å². The summed E-state index contributed by atoms with van der Waals surface area (Å²) in [7, 11) is 0. The van der Waals surface area contributed by atoms with E-state index in [0.717, 1.165) is 103 Å². The summed E-state index contributed by atoms with van der Waals surface area (Å²) in [5.74, 6) is -0.885. The summed E-state index contributed by atoms with van der Waals surface area (Å²) in [4.78, 5) is 38.4. The van der Waals surface area contributed by atoms with E-state index >= 15 is 0 Å². The molecule has 1 atom stereocenters. The second kappa shape index (κ2) is 71.6. The number of hydrogen-bond donors (Lipinski definition) is 0. The van der Waals surface area contributed by atoms with Crippen molar-refractivity contribution in [3.63, 3.8) is 0 Å². The highest BCUT2D eigenvalue weighted by atomic mass is 16.6. The van der Waals surface area contributed by atoms with Crippen LogP contribution in [-0.4, -0.2) is 37.2 Å². The summed E-state index contributed by atoms with van der Waals surface area (Å²) in [5, 5.41) is 0. The first-order valence-electron chi connectivity index (χ1n) is 36.8. The van der Waals surface area contributed by atoms with Crippen LogP contribution in [0.5, 0.6) is 0 Å². The first-order chi connectivity index (χ1) is 41.0. The SMILES string of the molecule is CCCCC/C=C\C/C=C\C/C=C\CCCCCCCCC(=O)OC(COC(=O)CCCCCCC/C=C\C/C=C\CCCCC)COC(=O)CCCCCCCCCCCCCCCCCCCCCCCCCCCCCCCCC. The minimum absolute atomic E-state index is 0.0809. The molecule has 0 spiro atoms. The van der Waals surface area contributed by atoms with Crippen molar-refractivity contribution in [1.82, 2.24) is 0 Å². The van der Waals surface area contributed by atoms with Crippen LogP contribution >= 0.6 is 0 Å². The van der Waals surface area contributed by atoms with Gasteiger partial charge in [-0.3, -0.25) is 14.4 Å². The van der Waals surface area contributed by atoms with Gasteiger partial charge in [-0.2, -0.15) is 0 Å². The van der Waals surface area contributed by atoms with E-state index in [0.29, 0.717) is 19.3 Å². The second-order valence-electron chi connectivity index (χ2n) is 24.9. The lowest BCUT2D eigenvalue weighted by molar-refractivity contribution is -0.167. The van der Waals surface area contributed by atoms with Crippen molar-refractivity contribution < 1.29 is 28.6 Å². The minimum Gasteiger partial charge on any atom is -0.462 e. The van der Waals surface area contributed by atoms with E-state index in [-0.39, 0.29) is 31.1 Å². The van der Waals surface area contributed by atoms with Crippen molar-refractivity contribution in [3.05, 3.63) is 60.8 Å². The van der Waals surface area contributed by atoms with E-state index in [2.05, 4.69) is 81.5 Å². The number of unbranched alkanes of at least 4 members (excludes halogenated alkanes) is 47. The van der Waals surface area contributed by atoms with Gasteiger partial charge in [0.1, 0.15) is 13.2 Å². The Kier molecular flexibility index (Phi) is 69.1. The highest BCUT2D eigenvalue weighted by Crippen LogP contribution is 2.19. The monoisotopic (exact) mass is 1160 g/mol. The van der Waals surface area contributed by atoms with Crippen LogP contribution in [0.1, 0.15) is 393 Å². The maximum Gasteiger partial charge on any atom is 0.306 e. The zero-order valence-electron chi connectivity index (χ0n) is 55.7. The topological polar surface area (TPSA) is 78.9 Å². The number of rotatable bonds is 68. The molecule has 0 aromatic carbocycles. The van der Waals surface area contributed by atoms with Crippen LogP contribution in [0, 0.1) is 0 Å². The zero-order chi connectivity index (χ0) is 59.9. The van der Waals surface area contributed by atoms with Gasteiger partial charge in [0.05, 0.1) is 0 Å². The molecule has 0 rings (SSSR count). The Labute approximate surface area is 517 Å². The van der Waals surface area contributed by atoms with Gasteiger partial charge >= 0.3 is 17.9 Å². The predicted octanol–water partition coefficient (Wildman–Crippen LogP) is 25.5. The fourth-order valence-electron chi connectivity index (χ4n) is 11.0. The van der Waals surface area contributed by atoms with Gasteiger partial charge in [-0.15, -0.1) is 0 Å². The molecule has 0 amide bonds. The number of carbonyl (C=O) groups excluding carboxylic acids is 3. The van der Waals surface area contributed by atoms with E-state index in [9.17, 15) is 14.4 Å². The summed E-state index contributed by atoms with van der Waals surface area (Å²) >= 11 is 0. The molecule has 0 heterocycles. The van der Waals surface area contributed by atoms with E-state index in [1.807, 2.05) is 0 Å². The van der Waals surface area contributed by atoms with E-state index in [1.165, 1.54) is 250 Å². The average Bonchev–Trinajstić information content (AvgIpc) is 3.49.